The van der Waals surface area contributed by atoms with E-state index in [1.165, 1.54) is 7.11 Å². The number of nitrogens with zero attached hydrogens (tertiary/aromatic N) is 1. The zero-order valence-electron chi connectivity index (χ0n) is 10.1. The van der Waals surface area contributed by atoms with Crippen molar-refractivity contribution >= 4 is 40.5 Å². The van der Waals surface area contributed by atoms with Crippen molar-refractivity contribution < 1.29 is 14.3 Å². The summed E-state index contributed by atoms with van der Waals surface area (Å²) < 4.78 is 9.88. The predicted octanol–water partition coefficient (Wildman–Crippen LogP) is 3.91. The molecule has 1 aromatic heterocycles. The van der Waals surface area contributed by atoms with Gasteiger partial charge in [-0.15, -0.1) is 11.3 Å². The van der Waals surface area contributed by atoms with Gasteiger partial charge in [-0.1, -0.05) is 23.2 Å². The Bertz CT molecular complexity index is 627. The summed E-state index contributed by atoms with van der Waals surface area (Å²) in [4.78, 5) is 15.9. The van der Waals surface area contributed by atoms with Crippen LogP contribution in [0.3, 0.4) is 0 Å². The summed E-state index contributed by atoms with van der Waals surface area (Å²) in [7, 11) is 2.83. The highest BCUT2D eigenvalue weighted by Gasteiger charge is 2.20. The number of carbonyl (C=O) groups is 1. The van der Waals surface area contributed by atoms with Crippen molar-refractivity contribution in [2.75, 3.05) is 14.2 Å². The van der Waals surface area contributed by atoms with Crippen LogP contribution in [0.1, 0.15) is 9.67 Å². The van der Waals surface area contributed by atoms with Gasteiger partial charge in [-0.05, 0) is 18.2 Å². The first kappa shape index (κ1) is 14.1. The number of hydrogen-bond acceptors (Lipinski definition) is 5. The van der Waals surface area contributed by atoms with Gasteiger partial charge in [0.2, 0.25) is 0 Å². The van der Waals surface area contributed by atoms with Crippen LogP contribution in [0, 0.1) is 0 Å². The number of thiazole rings is 1. The lowest BCUT2D eigenvalue weighted by Crippen LogP contribution is -1.98. The number of rotatable bonds is 3. The molecule has 7 heteroatoms. The van der Waals surface area contributed by atoms with Gasteiger partial charge in [0.15, 0.2) is 10.0 Å². The van der Waals surface area contributed by atoms with Crippen LogP contribution in [-0.2, 0) is 4.74 Å². The summed E-state index contributed by atoms with van der Waals surface area (Å²) in [5.41, 5.74) is 0.678. The number of ether oxygens (including phenoxy) is 2. The molecule has 0 atom stereocenters. The molecule has 0 spiro atoms. The minimum atomic E-state index is -0.519. The fraction of sp³-hybridized carbons (Fsp3) is 0.167. The summed E-state index contributed by atoms with van der Waals surface area (Å²) in [6.07, 6.45) is 0. The maximum Gasteiger partial charge on any atom is 0.351 e. The van der Waals surface area contributed by atoms with Crippen molar-refractivity contribution in [1.29, 1.82) is 0 Å². The molecular weight excluding hydrogens is 309 g/mol. The molecule has 19 heavy (non-hydrogen) atoms. The Kier molecular flexibility index (Phi) is 4.29. The van der Waals surface area contributed by atoms with Gasteiger partial charge in [0.1, 0.15) is 10.8 Å². The fourth-order valence-electron chi connectivity index (χ4n) is 1.48. The van der Waals surface area contributed by atoms with E-state index in [2.05, 4.69) is 9.72 Å². The quantitative estimate of drug-likeness (QED) is 0.805. The van der Waals surface area contributed by atoms with Crippen molar-refractivity contribution in [3.63, 3.8) is 0 Å². The minimum Gasteiger partial charge on any atom is -0.496 e. The van der Waals surface area contributed by atoms with E-state index >= 15 is 0 Å². The van der Waals surface area contributed by atoms with Crippen molar-refractivity contribution in [2.45, 2.75) is 0 Å². The molecule has 0 aliphatic carbocycles. The van der Waals surface area contributed by atoms with Crippen LogP contribution in [0.2, 0.25) is 10.2 Å². The van der Waals surface area contributed by atoms with E-state index in [1.54, 1.807) is 25.3 Å². The van der Waals surface area contributed by atoms with E-state index in [0.717, 1.165) is 11.3 Å². The van der Waals surface area contributed by atoms with Gasteiger partial charge in [-0.25, -0.2) is 9.78 Å². The Hall–Kier alpha value is -1.30. The number of esters is 1. The lowest BCUT2D eigenvalue weighted by molar-refractivity contribution is 0.0606. The van der Waals surface area contributed by atoms with E-state index in [1.807, 2.05) is 0 Å². The van der Waals surface area contributed by atoms with Crippen LogP contribution in [0.5, 0.6) is 5.75 Å². The number of benzene rings is 1. The Morgan fingerprint density at radius 2 is 2.05 bits per heavy atom. The third-order valence-electron chi connectivity index (χ3n) is 2.35. The zero-order valence-corrected chi connectivity index (χ0v) is 12.4. The van der Waals surface area contributed by atoms with Crippen LogP contribution < -0.4 is 4.74 Å². The fourth-order valence-corrected chi connectivity index (χ4v) is 2.88. The average molecular weight is 318 g/mol. The van der Waals surface area contributed by atoms with Crippen molar-refractivity contribution in [3.8, 4) is 16.3 Å². The second-order valence-corrected chi connectivity index (χ2v) is 5.27. The topological polar surface area (TPSA) is 48.4 Å². The molecular formula is C12H9Cl2NO3S. The van der Waals surface area contributed by atoms with Gasteiger partial charge in [0.25, 0.3) is 0 Å². The van der Waals surface area contributed by atoms with Crippen molar-refractivity contribution in [2.24, 2.45) is 0 Å². The molecule has 1 heterocycles. The molecule has 1 aromatic carbocycles. The highest BCUT2D eigenvalue weighted by molar-refractivity contribution is 7.17. The maximum absolute atomic E-state index is 11.5. The first-order valence-electron chi connectivity index (χ1n) is 5.15. The second kappa shape index (κ2) is 5.77. The minimum absolute atomic E-state index is 0.105. The Balaban J connectivity index is 2.53. The summed E-state index contributed by atoms with van der Waals surface area (Å²) >= 11 is 13.0. The van der Waals surface area contributed by atoms with Crippen LogP contribution in [-0.4, -0.2) is 25.2 Å². The predicted molar refractivity (Wildman–Crippen MR) is 75.5 cm³/mol. The molecule has 100 valence electrons. The number of carbonyl (C=O) groups excluding carboxylic acids is 1. The Morgan fingerprint density at radius 3 is 2.68 bits per heavy atom. The lowest BCUT2D eigenvalue weighted by atomic mass is 10.2. The molecule has 0 bridgehead atoms. The summed E-state index contributed by atoms with van der Waals surface area (Å²) in [5.74, 6) is 0.0842. The molecule has 0 aliphatic rings. The first-order chi connectivity index (χ1) is 9.06. The van der Waals surface area contributed by atoms with Crippen LogP contribution in [0.4, 0.5) is 0 Å². The van der Waals surface area contributed by atoms with Crippen LogP contribution in [0.15, 0.2) is 18.2 Å². The molecule has 0 saturated heterocycles. The Labute approximate surface area is 123 Å². The van der Waals surface area contributed by atoms with E-state index in [9.17, 15) is 4.79 Å². The van der Waals surface area contributed by atoms with Crippen molar-refractivity contribution in [3.05, 3.63) is 33.3 Å². The van der Waals surface area contributed by atoms with Gasteiger partial charge in [0, 0.05) is 5.02 Å². The SMILES string of the molecule is COC(=O)c1sc(-c2cc(Cl)ccc2OC)nc1Cl. The number of methoxy groups -OCH3 is 2. The second-order valence-electron chi connectivity index (χ2n) is 3.48. The summed E-state index contributed by atoms with van der Waals surface area (Å²) in [6.45, 7) is 0. The largest absolute Gasteiger partial charge is 0.496 e. The third kappa shape index (κ3) is 2.83. The molecule has 2 aromatic rings. The monoisotopic (exact) mass is 317 g/mol. The molecule has 0 unspecified atom stereocenters. The highest BCUT2D eigenvalue weighted by atomic mass is 35.5. The molecule has 2 rings (SSSR count). The molecule has 0 amide bonds. The van der Waals surface area contributed by atoms with E-state index in [-0.39, 0.29) is 10.0 Å². The first-order valence-corrected chi connectivity index (χ1v) is 6.72. The standard InChI is InChI=1S/C12H9Cl2NO3S/c1-17-8-4-3-6(13)5-7(8)11-15-10(14)9(19-11)12(16)18-2/h3-5H,1-2H3. The van der Waals surface area contributed by atoms with Gasteiger partial charge in [-0.2, -0.15) is 0 Å². The number of halogens is 2. The molecule has 0 radical (unpaired) electrons. The smallest absolute Gasteiger partial charge is 0.351 e. The van der Waals surface area contributed by atoms with Gasteiger partial charge in [-0.3, -0.25) is 0 Å². The molecule has 0 saturated carbocycles. The van der Waals surface area contributed by atoms with Gasteiger partial charge >= 0.3 is 5.97 Å². The number of aromatic nitrogens is 1. The number of hydrogen-bond donors (Lipinski definition) is 0. The molecule has 0 fully saturated rings. The van der Waals surface area contributed by atoms with Gasteiger partial charge in [0.05, 0.1) is 19.8 Å². The lowest BCUT2D eigenvalue weighted by Gasteiger charge is -2.05. The van der Waals surface area contributed by atoms with E-state index in [4.69, 9.17) is 27.9 Å². The summed E-state index contributed by atoms with van der Waals surface area (Å²) in [5, 5.41) is 1.19. The summed E-state index contributed by atoms with van der Waals surface area (Å²) in [6, 6.07) is 5.14. The van der Waals surface area contributed by atoms with E-state index < -0.39 is 5.97 Å². The van der Waals surface area contributed by atoms with Crippen molar-refractivity contribution in [1.82, 2.24) is 4.98 Å². The normalized spacial score (nSPS) is 10.3. The molecule has 0 aliphatic heterocycles. The highest BCUT2D eigenvalue weighted by Crippen LogP contribution is 2.37. The van der Waals surface area contributed by atoms with Crippen LogP contribution in [0.25, 0.3) is 10.6 Å². The average Bonchev–Trinajstić information content (AvgIpc) is 2.79. The molecule has 0 N–H and O–H groups in total. The maximum atomic E-state index is 11.5. The van der Waals surface area contributed by atoms with E-state index in [0.29, 0.717) is 21.3 Å². The molecule has 4 nitrogen and oxygen atoms in total. The van der Waals surface area contributed by atoms with Gasteiger partial charge < -0.3 is 9.47 Å². The third-order valence-corrected chi connectivity index (χ3v) is 4.04. The Morgan fingerprint density at radius 1 is 1.32 bits per heavy atom. The zero-order chi connectivity index (χ0) is 14.0. The van der Waals surface area contributed by atoms with Crippen LogP contribution >= 0.6 is 34.5 Å².